The SMILES string of the molecule is CCCCOC(C)O.CCOCCO. The molecular formula is C10H24O4. The second-order valence-corrected chi connectivity index (χ2v) is 2.74. The van der Waals surface area contributed by atoms with Crippen LogP contribution in [0.2, 0.25) is 0 Å². The number of unbranched alkanes of at least 4 members (excludes halogenated alkanes) is 1. The third kappa shape index (κ3) is 22.6. The lowest BCUT2D eigenvalue weighted by atomic mass is 10.4. The van der Waals surface area contributed by atoms with Gasteiger partial charge in [0, 0.05) is 13.2 Å². The second kappa shape index (κ2) is 15.3. The van der Waals surface area contributed by atoms with Crippen LogP contribution < -0.4 is 0 Å². The predicted octanol–water partition coefficient (Wildman–Crippen LogP) is 1.16. The van der Waals surface area contributed by atoms with Crippen LogP contribution in [0.25, 0.3) is 0 Å². The van der Waals surface area contributed by atoms with Crippen molar-refractivity contribution in [1.82, 2.24) is 0 Å². The molecule has 0 radical (unpaired) electrons. The lowest BCUT2D eigenvalue weighted by molar-refractivity contribution is -0.0856. The van der Waals surface area contributed by atoms with Crippen LogP contribution in [0, 0.1) is 0 Å². The van der Waals surface area contributed by atoms with Crippen molar-refractivity contribution in [2.75, 3.05) is 26.4 Å². The summed E-state index contributed by atoms with van der Waals surface area (Å²) in [6.07, 6.45) is 1.55. The highest BCUT2D eigenvalue weighted by Crippen LogP contribution is 1.90. The molecule has 4 heteroatoms. The highest BCUT2D eigenvalue weighted by Gasteiger charge is 1.90. The van der Waals surface area contributed by atoms with Gasteiger partial charge in [-0.15, -0.1) is 0 Å². The molecule has 2 N–H and O–H groups in total. The van der Waals surface area contributed by atoms with E-state index in [1.807, 2.05) is 6.92 Å². The van der Waals surface area contributed by atoms with E-state index in [9.17, 15) is 0 Å². The van der Waals surface area contributed by atoms with Crippen LogP contribution in [0.15, 0.2) is 0 Å². The van der Waals surface area contributed by atoms with E-state index in [1.165, 1.54) is 0 Å². The van der Waals surface area contributed by atoms with Crippen molar-refractivity contribution >= 4 is 0 Å². The molecule has 0 amide bonds. The van der Waals surface area contributed by atoms with Crippen molar-refractivity contribution in [2.24, 2.45) is 0 Å². The Bertz CT molecular complexity index is 82.2. The number of rotatable bonds is 7. The molecule has 0 aromatic rings. The Hall–Kier alpha value is -0.160. The number of hydrogen-bond donors (Lipinski definition) is 2. The van der Waals surface area contributed by atoms with Crippen LogP contribution in [0.5, 0.6) is 0 Å². The van der Waals surface area contributed by atoms with Crippen molar-refractivity contribution in [3.63, 3.8) is 0 Å². The summed E-state index contributed by atoms with van der Waals surface area (Å²) in [5.74, 6) is 0. The van der Waals surface area contributed by atoms with Gasteiger partial charge < -0.3 is 19.7 Å². The zero-order valence-electron chi connectivity index (χ0n) is 9.53. The first-order valence-electron chi connectivity index (χ1n) is 5.17. The molecule has 4 nitrogen and oxygen atoms in total. The maximum Gasteiger partial charge on any atom is 0.151 e. The summed E-state index contributed by atoms with van der Waals surface area (Å²) in [4.78, 5) is 0. The van der Waals surface area contributed by atoms with Crippen molar-refractivity contribution < 1.29 is 19.7 Å². The summed E-state index contributed by atoms with van der Waals surface area (Å²) < 4.78 is 9.57. The van der Waals surface area contributed by atoms with Gasteiger partial charge in [-0.2, -0.15) is 0 Å². The van der Waals surface area contributed by atoms with Crippen molar-refractivity contribution in [1.29, 1.82) is 0 Å². The number of hydrogen-bond acceptors (Lipinski definition) is 4. The molecule has 0 saturated carbocycles. The van der Waals surface area contributed by atoms with Crippen LogP contribution >= 0.6 is 0 Å². The highest BCUT2D eigenvalue weighted by molar-refractivity contribution is 4.31. The van der Waals surface area contributed by atoms with Gasteiger partial charge in [-0.25, -0.2) is 0 Å². The largest absolute Gasteiger partial charge is 0.394 e. The Labute approximate surface area is 86.8 Å². The minimum absolute atomic E-state index is 0.133. The van der Waals surface area contributed by atoms with Gasteiger partial charge in [0.2, 0.25) is 0 Å². The minimum atomic E-state index is -0.596. The molecule has 0 heterocycles. The van der Waals surface area contributed by atoms with Gasteiger partial charge in [0.1, 0.15) is 0 Å². The van der Waals surface area contributed by atoms with Crippen LogP contribution in [0.3, 0.4) is 0 Å². The van der Waals surface area contributed by atoms with Gasteiger partial charge in [0.15, 0.2) is 6.29 Å². The van der Waals surface area contributed by atoms with Crippen LogP contribution in [-0.4, -0.2) is 42.9 Å². The van der Waals surface area contributed by atoms with Gasteiger partial charge >= 0.3 is 0 Å². The molecule has 1 unspecified atom stereocenters. The molecule has 0 aromatic carbocycles. The Balaban J connectivity index is 0. The molecule has 1 atom stereocenters. The number of aliphatic hydroxyl groups is 2. The third-order valence-electron chi connectivity index (χ3n) is 1.30. The monoisotopic (exact) mass is 208 g/mol. The van der Waals surface area contributed by atoms with Crippen LogP contribution in [-0.2, 0) is 9.47 Å². The minimum Gasteiger partial charge on any atom is -0.394 e. The number of ether oxygens (including phenoxy) is 2. The van der Waals surface area contributed by atoms with E-state index >= 15 is 0 Å². The van der Waals surface area contributed by atoms with Crippen molar-refractivity contribution in [3.05, 3.63) is 0 Å². The van der Waals surface area contributed by atoms with E-state index in [4.69, 9.17) is 19.7 Å². The Morgan fingerprint density at radius 2 is 1.86 bits per heavy atom. The summed E-state index contributed by atoms with van der Waals surface area (Å²) >= 11 is 0. The number of aliphatic hydroxyl groups excluding tert-OH is 2. The summed E-state index contributed by atoms with van der Waals surface area (Å²) in [7, 11) is 0. The Morgan fingerprint density at radius 3 is 2.14 bits per heavy atom. The van der Waals surface area contributed by atoms with Crippen LogP contribution in [0.4, 0.5) is 0 Å². The molecule has 0 aliphatic rings. The van der Waals surface area contributed by atoms with E-state index in [1.54, 1.807) is 6.92 Å². The molecule has 88 valence electrons. The van der Waals surface area contributed by atoms with E-state index in [0.717, 1.165) is 12.8 Å². The molecule has 0 aromatic heterocycles. The van der Waals surface area contributed by atoms with Gasteiger partial charge in [-0.3, -0.25) is 0 Å². The molecule has 0 fully saturated rings. The van der Waals surface area contributed by atoms with Gasteiger partial charge in [0.05, 0.1) is 13.2 Å². The summed E-state index contributed by atoms with van der Waals surface area (Å²) in [6, 6.07) is 0. The smallest absolute Gasteiger partial charge is 0.151 e. The lowest BCUT2D eigenvalue weighted by Gasteiger charge is -2.03. The van der Waals surface area contributed by atoms with E-state index in [-0.39, 0.29) is 6.61 Å². The fourth-order valence-corrected chi connectivity index (χ4v) is 0.607. The summed E-state index contributed by atoms with van der Waals surface area (Å²) in [5.41, 5.74) is 0. The lowest BCUT2D eigenvalue weighted by Crippen LogP contribution is -2.06. The standard InChI is InChI=1S/C6H14O2.C4H10O2/c1-3-4-5-8-6(2)7;1-2-6-4-3-5/h6-7H,3-5H2,1-2H3;5H,2-4H2,1H3. The van der Waals surface area contributed by atoms with E-state index in [2.05, 4.69) is 6.92 Å². The molecule has 0 aliphatic heterocycles. The first-order chi connectivity index (χ1) is 6.68. The second-order valence-electron chi connectivity index (χ2n) is 2.74. The normalized spacial score (nSPS) is 11.8. The third-order valence-corrected chi connectivity index (χ3v) is 1.30. The van der Waals surface area contributed by atoms with Crippen LogP contribution in [0.1, 0.15) is 33.6 Å². The fourth-order valence-electron chi connectivity index (χ4n) is 0.607. The topological polar surface area (TPSA) is 58.9 Å². The van der Waals surface area contributed by atoms with Crippen molar-refractivity contribution in [2.45, 2.75) is 39.9 Å². The summed E-state index contributed by atoms with van der Waals surface area (Å²) in [5, 5.41) is 16.6. The van der Waals surface area contributed by atoms with Gasteiger partial charge in [0.25, 0.3) is 0 Å². The predicted molar refractivity (Wildman–Crippen MR) is 56.1 cm³/mol. The maximum absolute atomic E-state index is 8.56. The molecule has 0 bridgehead atoms. The molecule has 0 rings (SSSR count). The highest BCUT2D eigenvalue weighted by atomic mass is 16.6. The first kappa shape index (κ1) is 16.3. The zero-order valence-corrected chi connectivity index (χ0v) is 9.53. The Kier molecular flexibility index (Phi) is 17.8. The zero-order chi connectivity index (χ0) is 11.2. The fraction of sp³-hybridized carbons (Fsp3) is 1.00. The van der Waals surface area contributed by atoms with E-state index in [0.29, 0.717) is 19.8 Å². The van der Waals surface area contributed by atoms with Gasteiger partial charge in [-0.05, 0) is 20.3 Å². The molecular weight excluding hydrogens is 184 g/mol. The molecule has 14 heavy (non-hydrogen) atoms. The summed E-state index contributed by atoms with van der Waals surface area (Å²) in [6.45, 7) is 7.58. The molecule has 0 saturated heterocycles. The Morgan fingerprint density at radius 1 is 1.21 bits per heavy atom. The quantitative estimate of drug-likeness (QED) is 0.487. The average molecular weight is 208 g/mol. The molecule has 0 aliphatic carbocycles. The first-order valence-corrected chi connectivity index (χ1v) is 5.17. The van der Waals surface area contributed by atoms with E-state index < -0.39 is 6.29 Å². The molecule has 0 spiro atoms. The van der Waals surface area contributed by atoms with Crippen molar-refractivity contribution in [3.8, 4) is 0 Å². The van der Waals surface area contributed by atoms with Gasteiger partial charge in [-0.1, -0.05) is 13.3 Å². The maximum atomic E-state index is 8.56. The average Bonchev–Trinajstić information content (AvgIpc) is 2.16.